The molecule has 0 saturated heterocycles. The maximum atomic E-state index is 4.58. The molecule has 0 aromatic rings. The average molecular weight is 307 g/mol. The van der Waals surface area contributed by atoms with E-state index in [0.29, 0.717) is 5.92 Å². The summed E-state index contributed by atoms with van der Waals surface area (Å²) in [4.78, 5) is 0. The molecule has 0 aliphatic carbocycles. The second kappa shape index (κ2) is 9.16. The van der Waals surface area contributed by atoms with E-state index in [1.807, 2.05) is 0 Å². The van der Waals surface area contributed by atoms with E-state index in [2.05, 4.69) is 75.8 Å². The Morgan fingerprint density at radius 1 is 0.714 bits per heavy atom. The minimum atomic E-state index is 0.218. The summed E-state index contributed by atoms with van der Waals surface area (Å²) in [6.07, 6.45) is 0.965. The van der Waals surface area contributed by atoms with Crippen LogP contribution in [-0.4, -0.2) is 33.0 Å². The highest BCUT2D eigenvalue weighted by Gasteiger charge is 2.29. The molecule has 14 heavy (non-hydrogen) atoms. The third-order valence-electron chi connectivity index (χ3n) is 2.13. The molecule has 0 amide bonds. The van der Waals surface area contributed by atoms with Gasteiger partial charge in [-0.3, -0.25) is 0 Å². The van der Waals surface area contributed by atoms with Gasteiger partial charge in [0.2, 0.25) is 0 Å². The topological polar surface area (TPSA) is 0 Å². The van der Waals surface area contributed by atoms with Gasteiger partial charge < -0.3 is 0 Å². The van der Waals surface area contributed by atoms with E-state index in [4.69, 9.17) is 0 Å². The first-order valence-corrected chi connectivity index (χ1v) is 7.89. The zero-order valence-electron chi connectivity index (χ0n) is 7.82. The van der Waals surface area contributed by atoms with E-state index in [-0.39, 0.29) is 15.7 Å². The van der Waals surface area contributed by atoms with Crippen molar-refractivity contribution in [2.45, 2.75) is 22.2 Å². The van der Waals surface area contributed by atoms with Crippen LogP contribution in [0.1, 0.15) is 6.42 Å². The fourth-order valence-electron chi connectivity index (χ4n) is 1.34. The summed E-state index contributed by atoms with van der Waals surface area (Å²) in [6.45, 7) is 0. The summed E-state index contributed by atoms with van der Waals surface area (Å²) in [5.74, 6) is 2.64. The Bertz CT molecular complexity index is 132. The predicted molar refractivity (Wildman–Crippen MR) is 88.0 cm³/mol. The van der Waals surface area contributed by atoms with Crippen LogP contribution >= 0.6 is 75.8 Å². The van der Waals surface area contributed by atoms with Crippen molar-refractivity contribution < 1.29 is 0 Å². The van der Waals surface area contributed by atoms with Crippen LogP contribution in [0.2, 0.25) is 0 Å². The summed E-state index contributed by atoms with van der Waals surface area (Å²) in [7, 11) is 0. The molecule has 3 unspecified atom stereocenters. The number of rotatable bonds is 7. The molecule has 0 aliphatic rings. The second-order valence-electron chi connectivity index (χ2n) is 3.16. The molecule has 0 aromatic carbocycles. The van der Waals surface area contributed by atoms with Gasteiger partial charge in [0, 0.05) is 27.3 Å². The van der Waals surface area contributed by atoms with Gasteiger partial charge in [-0.2, -0.15) is 75.8 Å². The molecule has 6 heteroatoms. The second-order valence-corrected chi connectivity index (χ2v) is 6.32. The Balaban J connectivity index is 4.36. The molecular weight excluding hydrogens is 288 g/mol. The minimum absolute atomic E-state index is 0.218. The van der Waals surface area contributed by atoms with E-state index in [1.54, 1.807) is 0 Å². The van der Waals surface area contributed by atoms with Crippen molar-refractivity contribution in [2.75, 3.05) is 17.3 Å². The Morgan fingerprint density at radius 3 is 1.43 bits per heavy atom. The highest BCUT2D eigenvalue weighted by Crippen LogP contribution is 2.29. The van der Waals surface area contributed by atoms with Crippen LogP contribution in [-0.2, 0) is 0 Å². The van der Waals surface area contributed by atoms with Crippen LogP contribution in [0.3, 0.4) is 0 Å². The molecular formula is C8H18S6. The lowest BCUT2D eigenvalue weighted by molar-refractivity contribution is 0.501. The van der Waals surface area contributed by atoms with Gasteiger partial charge in [0.15, 0.2) is 0 Å². The Labute approximate surface area is 120 Å². The lowest BCUT2D eigenvalue weighted by Crippen LogP contribution is -2.35. The molecule has 3 atom stereocenters. The van der Waals surface area contributed by atoms with Crippen molar-refractivity contribution in [2.24, 2.45) is 5.92 Å². The van der Waals surface area contributed by atoms with Crippen LogP contribution in [0, 0.1) is 5.92 Å². The van der Waals surface area contributed by atoms with E-state index in [0.717, 1.165) is 23.7 Å². The predicted octanol–water partition coefficient (Wildman–Crippen LogP) is 2.68. The lowest BCUT2D eigenvalue weighted by atomic mass is 9.96. The first-order chi connectivity index (χ1) is 6.58. The van der Waals surface area contributed by atoms with E-state index < -0.39 is 0 Å². The molecule has 86 valence electrons. The summed E-state index contributed by atoms with van der Waals surface area (Å²) in [5, 5.41) is 0.711. The van der Waals surface area contributed by atoms with Crippen molar-refractivity contribution in [1.82, 2.24) is 0 Å². The number of thiol groups is 6. The Hall–Kier alpha value is 2.10. The maximum Gasteiger partial charge on any atom is 0.0154 e. The minimum Gasteiger partial charge on any atom is -0.179 e. The quantitative estimate of drug-likeness (QED) is 0.383. The van der Waals surface area contributed by atoms with Crippen LogP contribution in [0.15, 0.2) is 0 Å². The van der Waals surface area contributed by atoms with Crippen molar-refractivity contribution in [3.8, 4) is 0 Å². The highest BCUT2D eigenvalue weighted by atomic mass is 32.1. The molecule has 0 nitrogen and oxygen atoms in total. The fraction of sp³-hybridized carbons (Fsp3) is 1.00. The molecule has 0 N–H and O–H groups in total. The van der Waals surface area contributed by atoms with Gasteiger partial charge in [0.1, 0.15) is 0 Å². The first kappa shape index (κ1) is 16.1. The van der Waals surface area contributed by atoms with E-state index in [1.165, 1.54) is 0 Å². The van der Waals surface area contributed by atoms with E-state index >= 15 is 0 Å². The van der Waals surface area contributed by atoms with Gasteiger partial charge in [0.25, 0.3) is 0 Å². The zero-order chi connectivity index (χ0) is 11.1. The van der Waals surface area contributed by atoms with Gasteiger partial charge in [0.05, 0.1) is 0 Å². The van der Waals surface area contributed by atoms with Crippen LogP contribution in [0.25, 0.3) is 0 Å². The van der Waals surface area contributed by atoms with Gasteiger partial charge >= 0.3 is 0 Å². The van der Waals surface area contributed by atoms with Gasteiger partial charge in [-0.05, 0) is 18.1 Å². The standard InChI is InChI=1S/C8H18S6/c9-2-1-5(12)8(6(13)3-10)7(14)4-11/h5-14H,1-4H2. The fourth-order valence-corrected chi connectivity index (χ4v) is 4.09. The van der Waals surface area contributed by atoms with Crippen molar-refractivity contribution in [3.05, 3.63) is 0 Å². The summed E-state index contributed by atoms with van der Waals surface area (Å²) < 4.78 is 0. The van der Waals surface area contributed by atoms with Crippen molar-refractivity contribution >= 4 is 75.8 Å². The molecule has 0 spiro atoms. The van der Waals surface area contributed by atoms with Crippen molar-refractivity contribution in [3.63, 3.8) is 0 Å². The Kier molecular flexibility index (Phi) is 10.5. The van der Waals surface area contributed by atoms with Crippen LogP contribution < -0.4 is 0 Å². The summed E-state index contributed by atoms with van der Waals surface area (Å²) >= 11 is 26.4. The SMILES string of the molecule is SCCC(S)C(C(S)CS)C(S)CS. The lowest BCUT2D eigenvalue weighted by Gasteiger charge is -2.31. The summed E-state index contributed by atoms with van der Waals surface area (Å²) in [6, 6.07) is 0. The Morgan fingerprint density at radius 2 is 1.14 bits per heavy atom. The van der Waals surface area contributed by atoms with E-state index in [9.17, 15) is 0 Å². The molecule has 0 heterocycles. The van der Waals surface area contributed by atoms with Crippen molar-refractivity contribution in [1.29, 1.82) is 0 Å². The third kappa shape index (κ3) is 5.43. The molecule has 0 radical (unpaired) electrons. The monoisotopic (exact) mass is 306 g/mol. The molecule has 0 saturated carbocycles. The summed E-state index contributed by atoms with van der Waals surface area (Å²) in [5.41, 5.74) is 0. The smallest absolute Gasteiger partial charge is 0.0154 e. The zero-order valence-corrected chi connectivity index (χ0v) is 13.2. The van der Waals surface area contributed by atoms with Crippen LogP contribution in [0.4, 0.5) is 0 Å². The third-order valence-corrected chi connectivity index (χ3v) is 5.41. The largest absolute Gasteiger partial charge is 0.179 e. The van der Waals surface area contributed by atoms with Gasteiger partial charge in [-0.15, -0.1) is 0 Å². The molecule has 0 bridgehead atoms. The molecule has 0 rings (SSSR count). The van der Waals surface area contributed by atoms with Gasteiger partial charge in [-0.1, -0.05) is 0 Å². The molecule has 0 aromatic heterocycles. The van der Waals surface area contributed by atoms with Crippen LogP contribution in [0.5, 0.6) is 0 Å². The molecule has 0 fully saturated rings. The molecule has 0 aliphatic heterocycles. The maximum absolute atomic E-state index is 4.58. The average Bonchev–Trinajstić information content (AvgIpc) is 2.17. The first-order valence-electron chi connectivity index (χ1n) is 4.45. The highest BCUT2D eigenvalue weighted by molar-refractivity contribution is 7.86. The normalized spacial score (nSPS) is 20.1. The van der Waals surface area contributed by atoms with Gasteiger partial charge in [-0.25, -0.2) is 0 Å². The number of hydrogen-bond acceptors (Lipinski definition) is 6. The number of hydrogen-bond donors (Lipinski definition) is 6.